The highest BCUT2D eigenvalue weighted by Crippen LogP contribution is 2.31. The number of fused-ring (bicyclic) bond motifs is 1. The lowest BCUT2D eigenvalue weighted by Gasteiger charge is -2.31. The molecule has 6 nitrogen and oxygen atoms in total. The summed E-state index contributed by atoms with van der Waals surface area (Å²) < 4.78 is 5.11. The summed E-state index contributed by atoms with van der Waals surface area (Å²) in [5.74, 6) is 1.44. The van der Waals surface area contributed by atoms with Crippen LogP contribution >= 0.6 is 0 Å². The Hall–Kier alpha value is -2.21. The molecular weight excluding hydrogens is 304 g/mol. The van der Waals surface area contributed by atoms with Crippen molar-refractivity contribution in [2.75, 3.05) is 24.5 Å². The van der Waals surface area contributed by atoms with Gasteiger partial charge in [-0.1, -0.05) is 23.4 Å². The maximum atomic E-state index is 12.9. The number of carbonyl (C=O) groups excluding carboxylic acids is 1. The predicted molar refractivity (Wildman–Crippen MR) is 89.7 cm³/mol. The van der Waals surface area contributed by atoms with Gasteiger partial charge in [-0.25, -0.2) is 0 Å². The Morgan fingerprint density at radius 3 is 3.00 bits per heavy atom. The van der Waals surface area contributed by atoms with Crippen molar-refractivity contribution in [1.29, 1.82) is 0 Å². The first kappa shape index (κ1) is 15.3. The van der Waals surface area contributed by atoms with Gasteiger partial charge >= 0.3 is 0 Å². The Morgan fingerprint density at radius 2 is 2.17 bits per heavy atom. The van der Waals surface area contributed by atoms with Gasteiger partial charge in [-0.3, -0.25) is 9.69 Å². The number of para-hydroxylation sites is 1. The fourth-order valence-corrected chi connectivity index (χ4v) is 3.81. The number of amides is 1. The number of nitrogens with zero attached hydrogens (tertiary/aromatic N) is 4. The van der Waals surface area contributed by atoms with Crippen LogP contribution in [0.25, 0.3) is 0 Å². The highest BCUT2D eigenvalue weighted by molar-refractivity contribution is 5.96. The number of carbonyl (C=O) groups is 1. The molecule has 1 amide bonds. The second kappa shape index (κ2) is 6.36. The normalized spacial score (nSPS) is 21.0. The van der Waals surface area contributed by atoms with Gasteiger partial charge in [-0.2, -0.15) is 4.98 Å². The van der Waals surface area contributed by atoms with Crippen molar-refractivity contribution in [2.45, 2.75) is 38.6 Å². The minimum atomic E-state index is 0.0893. The lowest BCUT2D eigenvalue weighted by molar-refractivity contribution is -0.120. The molecule has 4 rings (SSSR count). The van der Waals surface area contributed by atoms with Gasteiger partial charge in [-0.05, 0) is 43.9 Å². The molecule has 2 aliphatic heterocycles. The summed E-state index contributed by atoms with van der Waals surface area (Å²) in [6.07, 6.45) is 4.11. The fraction of sp³-hybridized carbons (Fsp3) is 0.500. The highest BCUT2D eigenvalue weighted by Gasteiger charge is 2.33. The number of aromatic nitrogens is 2. The van der Waals surface area contributed by atoms with Gasteiger partial charge in [0.05, 0.1) is 12.6 Å². The maximum Gasteiger partial charge on any atom is 0.241 e. The standard InChI is InChI=1S/C18H22N4O2/c1-13-19-18(20-24-13)16-9-5-10-21(16)12-17(23)22-11-4-7-14-6-2-3-8-15(14)22/h2-3,6,8,16H,4-5,7,9-12H2,1H3. The number of benzene rings is 1. The molecule has 2 aliphatic rings. The van der Waals surface area contributed by atoms with Crippen molar-refractivity contribution >= 4 is 11.6 Å². The summed E-state index contributed by atoms with van der Waals surface area (Å²) in [6.45, 7) is 3.91. The monoisotopic (exact) mass is 326 g/mol. The molecule has 1 saturated heterocycles. The van der Waals surface area contributed by atoms with E-state index in [4.69, 9.17) is 4.52 Å². The van der Waals surface area contributed by atoms with Gasteiger partial charge in [0.1, 0.15) is 0 Å². The number of aryl methyl sites for hydroxylation is 2. The van der Waals surface area contributed by atoms with Crippen molar-refractivity contribution in [3.05, 3.63) is 41.5 Å². The van der Waals surface area contributed by atoms with Crippen molar-refractivity contribution in [1.82, 2.24) is 15.0 Å². The smallest absolute Gasteiger partial charge is 0.241 e. The molecule has 1 unspecified atom stereocenters. The molecular formula is C18H22N4O2. The van der Waals surface area contributed by atoms with Crippen LogP contribution in [0, 0.1) is 6.92 Å². The van der Waals surface area contributed by atoms with E-state index in [2.05, 4.69) is 27.2 Å². The molecule has 2 aromatic rings. The first-order valence-corrected chi connectivity index (χ1v) is 8.65. The summed E-state index contributed by atoms with van der Waals surface area (Å²) in [6, 6.07) is 8.31. The SMILES string of the molecule is Cc1nc(C2CCCN2CC(=O)N2CCCc3ccccc32)no1. The Balaban J connectivity index is 1.50. The molecule has 24 heavy (non-hydrogen) atoms. The van der Waals surface area contributed by atoms with Crippen molar-refractivity contribution in [2.24, 2.45) is 0 Å². The molecule has 1 atom stereocenters. The highest BCUT2D eigenvalue weighted by atomic mass is 16.5. The number of likely N-dealkylation sites (tertiary alicyclic amines) is 1. The number of hydrogen-bond donors (Lipinski definition) is 0. The second-order valence-corrected chi connectivity index (χ2v) is 6.58. The minimum Gasteiger partial charge on any atom is -0.340 e. The average Bonchev–Trinajstić information content (AvgIpc) is 3.23. The average molecular weight is 326 g/mol. The van der Waals surface area contributed by atoms with Gasteiger partial charge in [0.2, 0.25) is 11.8 Å². The van der Waals surface area contributed by atoms with E-state index < -0.39 is 0 Å². The molecule has 0 radical (unpaired) electrons. The van der Waals surface area contributed by atoms with Crippen molar-refractivity contribution in [3.8, 4) is 0 Å². The molecule has 1 aromatic carbocycles. The third-order valence-corrected chi connectivity index (χ3v) is 4.95. The lowest BCUT2D eigenvalue weighted by Crippen LogP contribution is -2.42. The van der Waals surface area contributed by atoms with E-state index in [1.165, 1.54) is 5.56 Å². The van der Waals surface area contributed by atoms with E-state index in [0.29, 0.717) is 18.3 Å². The maximum absolute atomic E-state index is 12.9. The molecule has 0 saturated carbocycles. The summed E-state index contributed by atoms with van der Waals surface area (Å²) >= 11 is 0. The summed E-state index contributed by atoms with van der Waals surface area (Å²) in [5.41, 5.74) is 2.34. The van der Waals surface area contributed by atoms with Crippen LogP contribution in [0.2, 0.25) is 0 Å². The minimum absolute atomic E-state index is 0.0893. The van der Waals surface area contributed by atoms with E-state index in [1.54, 1.807) is 6.92 Å². The molecule has 1 fully saturated rings. The Kier molecular flexibility index (Phi) is 4.06. The first-order chi connectivity index (χ1) is 11.7. The molecule has 0 spiro atoms. The summed E-state index contributed by atoms with van der Waals surface area (Å²) in [5, 5.41) is 4.05. The molecule has 0 aliphatic carbocycles. The van der Waals surface area contributed by atoms with Gasteiger partial charge < -0.3 is 9.42 Å². The molecule has 1 aromatic heterocycles. The molecule has 126 valence electrons. The number of hydrogen-bond acceptors (Lipinski definition) is 5. The molecule has 0 bridgehead atoms. The van der Waals surface area contributed by atoms with E-state index in [9.17, 15) is 4.79 Å². The topological polar surface area (TPSA) is 62.5 Å². The third kappa shape index (κ3) is 2.82. The largest absolute Gasteiger partial charge is 0.340 e. The van der Waals surface area contributed by atoms with Crippen molar-refractivity contribution in [3.63, 3.8) is 0 Å². The Bertz CT molecular complexity index is 742. The van der Waals surface area contributed by atoms with Crippen LogP contribution in [0.3, 0.4) is 0 Å². The zero-order valence-electron chi connectivity index (χ0n) is 13.9. The van der Waals surface area contributed by atoms with Gasteiger partial charge in [-0.15, -0.1) is 0 Å². The molecule has 0 N–H and O–H groups in total. The summed E-state index contributed by atoms with van der Waals surface area (Å²) in [7, 11) is 0. The van der Waals surface area contributed by atoms with E-state index in [0.717, 1.165) is 44.5 Å². The number of rotatable bonds is 3. The van der Waals surface area contributed by atoms with Crippen LogP contribution < -0.4 is 4.90 Å². The van der Waals surface area contributed by atoms with Gasteiger partial charge in [0.25, 0.3) is 0 Å². The first-order valence-electron chi connectivity index (χ1n) is 8.65. The fourth-order valence-electron chi connectivity index (χ4n) is 3.81. The molecule has 3 heterocycles. The van der Waals surface area contributed by atoms with E-state index >= 15 is 0 Å². The second-order valence-electron chi connectivity index (χ2n) is 6.58. The van der Waals surface area contributed by atoms with Gasteiger partial charge in [0, 0.05) is 19.2 Å². The molecule has 6 heteroatoms. The number of anilines is 1. The van der Waals surface area contributed by atoms with Crippen molar-refractivity contribution < 1.29 is 9.32 Å². The van der Waals surface area contributed by atoms with Crippen LogP contribution in [0.15, 0.2) is 28.8 Å². The third-order valence-electron chi connectivity index (χ3n) is 4.95. The van der Waals surface area contributed by atoms with Crippen LogP contribution in [0.1, 0.15) is 42.6 Å². The quantitative estimate of drug-likeness (QED) is 0.867. The van der Waals surface area contributed by atoms with Crippen LogP contribution in [-0.4, -0.2) is 40.6 Å². The summed E-state index contributed by atoms with van der Waals surface area (Å²) in [4.78, 5) is 21.4. The van der Waals surface area contributed by atoms with E-state index in [-0.39, 0.29) is 11.9 Å². The Morgan fingerprint density at radius 1 is 1.29 bits per heavy atom. The Labute approximate surface area is 141 Å². The lowest BCUT2D eigenvalue weighted by atomic mass is 10.0. The van der Waals surface area contributed by atoms with E-state index in [1.807, 2.05) is 17.0 Å². The van der Waals surface area contributed by atoms with Crippen LogP contribution in [0.5, 0.6) is 0 Å². The van der Waals surface area contributed by atoms with Gasteiger partial charge in [0.15, 0.2) is 5.82 Å². The van der Waals surface area contributed by atoms with Crippen LogP contribution in [0.4, 0.5) is 5.69 Å². The zero-order valence-corrected chi connectivity index (χ0v) is 13.9. The predicted octanol–water partition coefficient (Wildman–Crippen LogP) is 2.49. The van der Waals surface area contributed by atoms with Crippen LogP contribution in [-0.2, 0) is 11.2 Å². The zero-order chi connectivity index (χ0) is 16.5.